The molecule has 0 spiro atoms. The minimum atomic E-state index is 0.562. The highest BCUT2D eigenvalue weighted by atomic mass is 16.7. The molecule has 1 saturated heterocycles. The molecule has 5 heavy (non-hydrogen) atoms. The zero-order valence-corrected chi connectivity index (χ0v) is 2.82. The standard InChI is InChI=1S/C4H4O/c1-3-2-4(1,3)5-3/h1-2H2. The second-order valence-electron chi connectivity index (χ2n) is 2.44. The van der Waals surface area contributed by atoms with E-state index in [4.69, 9.17) is 4.74 Å². The zero-order valence-electron chi connectivity index (χ0n) is 2.82. The van der Waals surface area contributed by atoms with Gasteiger partial charge < -0.3 is 4.74 Å². The Labute approximate surface area is 29.9 Å². The van der Waals surface area contributed by atoms with E-state index >= 15 is 0 Å². The SMILES string of the molecule is C1C23CC12O3. The molecule has 2 aliphatic carbocycles. The number of epoxide rings is 1. The summed E-state index contributed by atoms with van der Waals surface area (Å²) in [4.78, 5) is 0. The van der Waals surface area contributed by atoms with E-state index in [0.29, 0.717) is 11.2 Å². The van der Waals surface area contributed by atoms with Crippen LogP contribution >= 0.6 is 0 Å². The van der Waals surface area contributed by atoms with E-state index in [9.17, 15) is 0 Å². The largest absolute Gasteiger partial charge is 0.362 e. The van der Waals surface area contributed by atoms with E-state index in [0.717, 1.165) is 0 Å². The van der Waals surface area contributed by atoms with Crippen molar-refractivity contribution in [3.8, 4) is 0 Å². The van der Waals surface area contributed by atoms with Gasteiger partial charge in [0.1, 0.15) is 11.2 Å². The van der Waals surface area contributed by atoms with Crippen LogP contribution in [0.15, 0.2) is 0 Å². The minimum Gasteiger partial charge on any atom is -0.362 e. The fourth-order valence-electron chi connectivity index (χ4n) is 1.11. The Bertz CT molecular complexity index is 85.0. The van der Waals surface area contributed by atoms with Crippen LogP contribution in [0.4, 0.5) is 0 Å². The maximum atomic E-state index is 5.07. The quantitative estimate of drug-likeness (QED) is 0.372. The first-order valence-electron chi connectivity index (χ1n) is 2.07. The molecule has 0 amide bonds. The smallest absolute Gasteiger partial charge is 0.104 e. The van der Waals surface area contributed by atoms with Gasteiger partial charge >= 0.3 is 0 Å². The van der Waals surface area contributed by atoms with Gasteiger partial charge in [-0.05, 0) is 0 Å². The van der Waals surface area contributed by atoms with Crippen LogP contribution < -0.4 is 0 Å². The van der Waals surface area contributed by atoms with Gasteiger partial charge in [-0.15, -0.1) is 0 Å². The van der Waals surface area contributed by atoms with Crippen LogP contribution in [0, 0.1) is 0 Å². The van der Waals surface area contributed by atoms with Crippen molar-refractivity contribution >= 4 is 0 Å². The van der Waals surface area contributed by atoms with Crippen LogP contribution in [-0.2, 0) is 4.74 Å². The van der Waals surface area contributed by atoms with Crippen molar-refractivity contribution in [2.45, 2.75) is 24.0 Å². The molecular weight excluding hydrogens is 64.0 g/mol. The predicted molar refractivity (Wildman–Crippen MR) is 15.8 cm³/mol. The topological polar surface area (TPSA) is 12.5 Å². The van der Waals surface area contributed by atoms with Crippen LogP contribution in [0.2, 0.25) is 0 Å². The van der Waals surface area contributed by atoms with Crippen molar-refractivity contribution < 1.29 is 4.74 Å². The van der Waals surface area contributed by atoms with E-state index < -0.39 is 0 Å². The molecule has 0 bridgehead atoms. The fraction of sp³-hybridized carbons (Fsp3) is 1.00. The molecule has 3 rings (SSSR count). The Hall–Kier alpha value is -0.0400. The second kappa shape index (κ2) is 0.155. The van der Waals surface area contributed by atoms with Gasteiger partial charge in [0.15, 0.2) is 0 Å². The highest BCUT2D eigenvalue weighted by Gasteiger charge is 3.02. The van der Waals surface area contributed by atoms with Gasteiger partial charge in [-0.2, -0.15) is 0 Å². The Morgan fingerprint density at radius 2 is 1.40 bits per heavy atom. The van der Waals surface area contributed by atoms with E-state index in [1.165, 1.54) is 12.8 Å². The van der Waals surface area contributed by atoms with Crippen molar-refractivity contribution in [2.75, 3.05) is 0 Å². The summed E-state index contributed by atoms with van der Waals surface area (Å²) in [6.45, 7) is 0. The van der Waals surface area contributed by atoms with E-state index in [2.05, 4.69) is 0 Å². The first-order chi connectivity index (χ1) is 2.37. The Balaban J connectivity index is 2.58. The van der Waals surface area contributed by atoms with Crippen molar-refractivity contribution in [1.82, 2.24) is 0 Å². The lowest BCUT2D eigenvalue weighted by molar-refractivity contribution is 0.0838. The molecule has 0 atom stereocenters. The lowest BCUT2D eigenvalue weighted by Crippen LogP contribution is -2.04. The lowest BCUT2D eigenvalue weighted by Gasteiger charge is -2.04. The number of hydrogen-bond donors (Lipinski definition) is 0. The van der Waals surface area contributed by atoms with Crippen LogP contribution in [-0.4, -0.2) is 11.2 Å². The summed E-state index contributed by atoms with van der Waals surface area (Å²) in [5, 5.41) is 0. The van der Waals surface area contributed by atoms with E-state index in [1.807, 2.05) is 0 Å². The first kappa shape index (κ1) is 1.61. The Kier molecular flexibility index (Phi) is 0.0498. The van der Waals surface area contributed by atoms with Crippen molar-refractivity contribution in [2.24, 2.45) is 0 Å². The number of hydrogen-bond acceptors (Lipinski definition) is 1. The summed E-state index contributed by atoms with van der Waals surface area (Å²) >= 11 is 0. The monoisotopic (exact) mass is 68.0 g/mol. The minimum absolute atomic E-state index is 0.562. The number of ether oxygens (including phenoxy) is 1. The van der Waals surface area contributed by atoms with Gasteiger partial charge in [-0.1, -0.05) is 0 Å². The van der Waals surface area contributed by atoms with Gasteiger partial charge in [0.2, 0.25) is 0 Å². The third-order valence-corrected chi connectivity index (χ3v) is 2.07. The second-order valence-corrected chi connectivity index (χ2v) is 2.44. The van der Waals surface area contributed by atoms with E-state index in [1.54, 1.807) is 0 Å². The fourth-order valence-corrected chi connectivity index (χ4v) is 1.11. The van der Waals surface area contributed by atoms with Crippen LogP contribution in [0.5, 0.6) is 0 Å². The molecule has 1 heterocycles. The summed E-state index contributed by atoms with van der Waals surface area (Å²) in [5.41, 5.74) is 1.12. The zero-order chi connectivity index (χ0) is 3.12. The van der Waals surface area contributed by atoms with Gasteiger partial charge in [0.25, 0.3) is 0 Å². The van der Waals surface area contributed by atoms with Gasteiger partial charge in [-0.25, -0.2) is 0 Å². The molecule has 0 unspecified atom stereocenters. The third-order valence-electron chi connectivity index (χ3n) is 2.07. The Morgan fingerprint density at radius 1 is 1.20 bits per heavy atom. The molecule has 3 fully saturated rings. The maximum Gasteiger partial charge on any atom is 0.104 e. The average Bonchev–Trinajstić information content (AvgIpc) is 1.30. The van der Waals surface area contributed by atoms with Crippen molar-refractivity contribution in [3.05, 3.63) is 0 Å². The molecular formula is C4H4O. The molecule has 1 nitrogen and oxygen atoms in total. The highest BCUT2D eigenvalue weighted by Crippen LogP contribution is 2.91. The van der Waals surface area contributed by atoms with Gasteiger partial charge in [-0.3, -0.25) is 0 Å². The maximum absolute atomic E-state index is 5.07. The molecule has 0 aromatic heterocycles. The highest BCUT2D eigenvalue weighted by molar-refractivity contribution is 5.51. The molecule has 0 aromatic rings. The molecule has 1 heteroatoms. The first-order valence-corrected chi connectivity index (χ1v) is 2.07. The van der Waals surface area contributed by atoms with Crippen molar-refractivity contribution in [1.29, 1.82) is 0 Å². The number of rotatable bonds is 0. The van der Waals surface area contributed by atoms with Crippen molar-refractivity contribution in [3.63, 3.8) is 0 Å². The summed E-state index contributed by atoms with van der Waals surface area (Å²) < 4.78 is 5.07. The predicted octanol–water partition coefficient (Wildman–Crippen LogP) is 0.302. The summed E-state index contributed by atoms with van der Waals surface area (Å²) in [7, 11) is 0. The molecule has 0 N–H and O–H groups in total. The third kappa shape index (κ3) is 0.0346. The molecule has 3 aliphatic rings. The molecule has 1 aliphatic heterocycles. The summed E-state index contributed by atoms with van der Waals surface area (Å²) in [5.74, 6) is 0. The van der Waals surface area contributed by atoms with E-state index in [-0.39, 0.29) is 0 Å². The summed E-state index contributed by atoms with van der Waals surface area (Å²) in [6.07, 6.45) is 2.81. The van der Waals surface area contributed by atoms with Crippen LogP contribution in [0.1, 0.15) is 12.8 Å². The average molecular weight is 68.1 g/mol. The summed E-state index contributed by atoms with van der Waals surface area (Å²) in [6, 6.07) is 0. The van der Waals surface area contributed by atoms with Gasteiger partial charge in [0, 0.05) is 12.8 Å². The normalized spacial score (nSPS) is 91.2. The van der Waals surface area contributed by atoms with Gasteiger partial charge in [0.05, 0.1) is 0 Å². The molecule has 0 aromatic carbocycles. The molecule has 2 saturated carbocycles. The molecule has 26 valence electrons. The molecule has 0 radical (unpaired) electrons. The lowest BCUT2D eigenvalue weighted by atomic mass is 10.3. The van der Waals surface area contributed by atoms with Crippen LogP contribution in [0.25, 0.3) is 0 Å². The van der Waals surface area contributed by atoms with Crippen LogP contribution in [0.3, 0.4) is 0 Å². The Morgan fingerprint density at radius 3 is 1.40 bits per heavy atom.